The van der Waals surface area contributed by atoms with Gasteiger partial charge in [-0.3, -0.25) is 6.08 Å². The fourth-order valence-corrected chi connectivity index (χ4v) is 8.38. The number of aryl methyl sites for hydroxylation is 1. The maximum atomic E-state index is 3.34. The van der Waals surface area contributed by atoms with Gasteiger partial charge in [-0.15, -0.1) is 38.2 Å². The van der Waals surface area contributed by atoms with E-state index in [4.69, 9.17) is 0 Å². The van der Waals surface area contributed by atoms with Crippen molar-refractivity contribution < 1.29 is 24.2 Å². The van der Waals surface area contributed by atoms with E-state index in [1.807, 2.05) is 36.4 Å². The molecule has 3 heteroatoms. The molecule has 0 bridgehead atoms. The summed E-state index contributed by atoms with van der Waals surface area (Å²) >= 11 is 1.30. The van der Waals surface area contributed by atoms with Gasteiger partial charge in [0.25, 0.3) is 0 Å². The first kappa shape index (κ1) is 39.5. The second-order valence-corrected chi connectivity index (χ2v) is 14.3. The van der Waals surface area contributed by atoms with E-state index in [2.05, 4.69) is 121 Å². The topological polar surface area (TPSA) is 0 Å². The van der Waals surface area contributed by atoms with E-state index in [9.17, 15) is 0 Å². The summed E-state index contributed by atoms with van der Waals surface area (Å²) in [4.78, 5) is 0. The molecule has 0 saturated heterocycles. The minimum atomic E-state index is 0. The third-order valence-corrected chi connectivity index (χ3v) is 12.3. The molecule has 2 atom stereocenters. The summed E-state index contributed by atoms with van der Waals surface area (Å²) in [5.41, 5.74) is 11.6. The molecule has 242 valence electrons. The number of rotatable bonds is 0. The van der Waals surface area contributed by atoms with Crippen LogP contribution in [0, 0.1) is 52.6 Å². The van der Waals surface area contributed by atoms with Crippen LogP contribution in [-0.2, 0) is 30.7 Å². The zero-order valence-electron chi connectivity index (χ0n) is 28.9. The van der Waals surface area contributed by atoms with Gasteiger partial charge >= 0.3 is 28.4 Å². The fraction of sp³-hybridized carbons (Fsp3) is 0.429. The van der Waals surface area contributed by atoms with Crippen molar-refractivity contribution in [3.05, 3.63) is 130 Å². The van der Waals surface area contributed by atoms with Gasteiger partial charge in [0.05, 0.1) is 0 Å². The molecule has 0 radical (unpaired) electrons. The van der Waals surface area contributed by atoms with E-state index < -0.39 is 0 Å². The number of hydrogen-bond acceptors (Lipinski definition) is 0. The summed E-state index contributed by atoms with van der Waals surface area (Å²) in [6.45, 7) is 22.4. The molecule has 0 N–H and O–H groups in total. The van der Waals surface area contributed by atoms with Crippen LogP contribution in [0.4, 0.5) is 0 Å². The van der Waals surface area contributed by atoms with Gasteiger partial charge in [-0.05, 0) is 40.6 Å². The van der Waals surface area contributed by atoms with Crippen molar-refractivity contribution in [1.82, 2.24) is 0 Å². The maximum absolute atomic E-state index is 3.34. The molecule has 5 aliphatic carbocycles. The Morgan fingerprint density at radius 2 is 1.53 bits per heavy atom. The van der Waals surface area contributed by atoms with Gasteiger partial charge in [-0.1, -0.05) is 120 Å². The molecule has 45 heavy (non-hydrogen) atoms. The van der Waals surface area contributed by atoms with Crippen LogP contribution in [0.15, 0.2) is 95.6 Å². The summed E-state index contributed by atoms with van der Waals surface area (Å²) < 4.78 is 3.34. The molecule has 0 spiro atoms. The van der Waals surface area contributed by atoms with E-state index in [0.29, 0.717) is 5.92 Å². The predicted molar refractivity (Wildman–Crippen MR) is 198 cm³/mol. The van der Waals surface area contributed by atoms with E-state index in [1.54, 1.807) is 28.2 Å². The molecule has 0 heterocycles. The Kier molecular flexibility index (Phi) is 13.6. The number of benzene rings is 2. The van der Waals surface area contributed by atoms with Gasteiger partial charge in [0.1, 0.15) is 0 Å². The third kappa shape index (κ3) is 6.58. The minimum absolute atomic E-state index is 0. The fourth-order valence-electron chi connectivity index (χ4n) is 8.38. The molecule has 2 unspecified atom stereocenters. The predicted octanol–water partition coefficient (Wildman–Crippen LogP) is 11.9. The standard InChI is InChI=1S/C29H37.C7H7.C5H5.CH2.2ClH.Zr/c1-18-25-22-17-19-13-9-10-14-20(19)24(22)21-15-11-12-16-23(21)29(25,8)28(6,7)27(4,5)26(18,2)3;1-7-5-3-2-4-6-7;1-2-4-5-3-1;;;;/h9-11,13-15,23H,12,16-17H2,1-8H3;3-6H,1H3;1-3H,4H2;1H2;2*1H;/q3*-1;;;;. The molecule has 7 rings (SSSR count). The van der Waals surface area contributed by atoms with Crippen molar-refractivity contribution in [2.75, 3.05) is 0 Å². The number of fused-ring (bicyclic) bond motifs is 6. The van der Waals surface area contributed by atoms with Crippen LogP contribution in [0.25, 0.3) is 5.57 Å². The Morgan fingerprint density at radius 3 is 2.07 bits per heavy atom. The Labute approximate surface area is 302 Å². The summed E-state index contributed by atoms with van der Waals surface area (Å²) in [5, 5.41) is 0. The molecule has 5 aliphatic rings. The van der Waals surface area contributed by atoms with Crippen LogP contribution >= 0.6 is 24.8 Å². The van der Waals surface area contributed by atoms with Crippen LogP contribution in [-0.4, -0.2) is 4.21 Å². The molecule has 0 aromatic heterocycles. The summed E-state index contributed by atoms with van der Waals surface area (Å²) in [7, 11) is 0. The molecular weight excluding hydrogens is 667 g/mol. The zero-order valence-corrected chi connectivity index (χ0v) is 33.0. The van der Waals surface area contributed by atoms with Gasteiger partial charge in [0.2, 0.25) is 0 Å². The Hall–Kier alpha value is -1.66. The molecule has 2 aromatic rings. The average Bonchev–Trinajstić information content (AvgIpc) is 3.70. The SMILES string of the molecule is C[C-]1C2=C3Cc4ccccc4C3=C3C=CCCC3C2(C)C(C)(C)C(C)(C)C1(C)C.Cc1cc[c-]cc1.Cl.Cl.[C-]1=CC=CC1.[CH2]=[Zr]. The van der Waals surface area contributed by atoms with E-state index >= 15 is 0 Å². The molecule has 1 saturated carbocycles. The van der Waals surface area contributed by atoms with Crippen molar-refractivity contribution in [2.45, 2.75) is 88.0 Å². The summed E-state index contributed by atoms with van der Waals surface area (Å²) in [6, 6.07) is 20.0. The monoisotopic (exact) mass is 717 g/mol. The first-order valence-electron chi connectivity index (χ1n) is 15.9. The third-order valence-electron chi connectivity index (χ3n) is 12.3. The van der Waals surface area contributed by atoms with Crippen molar-refractivity contribution in [3.63, 3.8) is 0 Å². The van der Waals surface area contributed by atoms with Gasteiger partial charge in [-0.2, -0.15) is 53.1 Å². The molecule has 2 aromatic carbocycles. The van der Waals surface area contributed by atoms with E-state index in [0.717, 1.165) is 12.8 Å². The zero-order chi connectivity index (χ0) is 31.6. The first-order chi connectivity index (χ1) is 20.4. The van der Waals surface area contributed by atoms with Crippen LogP contribution in [0.5, 0.6) is 0 Å². The number of halogens is 2. The van der Waals surface area contributed by atoms with Gasteiger partial charge in [0, 0.05) is 0 Å². The van der Waals surface area contributed by atoms with Crippen molar-refractivity contribution in [1.29, 1.82) is 0 Å². The number of allylic oxidation sites excluding steroid dienone is 10. The van der Waals surface area contributed by atoms with Crippen molar-refractivity contribution >= 4 is 34.6 Å². The average molecular weight is 720 g/mol. The summed E-state index contributed by atoms with van der Waals surface area (Å²) in [6.07, 6.45) is 18.5. The van der Waals surface area contributed by atoms with Crippen LogP contribution in [0.3, 0.4) is 0 Å². The molecule has 0 amide bonds. The van der Waals surface area contributed by atoms with Crippen LogP contribution in [0.1, 0.15) is 91.3 Å². The number of hydrogen-bond donors (Lipinski definition) is 0. The van der Waals surface area contributed by atoms with Gasteiger partial charge in [-0.25, -0.2) is 18.1 Å². The first-order valence-corrected chi connectivity index (χ1v) is 17.7. The van der Waals surface area contributed by atoms with Gasteiger partial charge in [0.15, 0.2) is 0 Å². The molecule has 0 nitrogen and oxygen atoms in total. The quantitative estimate of drug-likeness (QED) is 0.238. The Morgan fingerprint density at radius 1 is 0.889 bits per heavy atom. The second-order valence-electron chi connectivity index (χ2n) is 14.3. The van der Waals surface area contributed by atoms with Crippen LogP contribution < -0.4 is 0 Å². The Bertz CT molecular complexity index is 1460. The van der Waals surface area contributed by atoms with E-state index in [1.165, 1.54) is 53.8 Å². The van der Waals surface area contributed by atoms with E-state index in [-0.39, 0.29) is 46.5 Å². The Balaban J connectivity index is 0.000000367. The summed E-state index contributed by atoms with van der Waals surface area (Å²) in [5.74, 6) is 2.24. The van der Waals surface area contributed by atoms with Crippen molar-refractivity contribution in [3.8, 4) is 0 Å². The molecule has 0 aliphatic heterocycles. The van der Waals surface area contributed by atoms with Crippen LogP contribution in [0.2, 0.25) is 0 Å². The van der Waals surface area contributed by atoms with Gasteiger partial charge < -0.3 is 0 Å². The second kappa shape index (κ2) is 15.5. The van der Waals surface area contributed by atoms with Crippen molar-refractivity contribution in [2.24, 2.45) is 27.6 Å². The normalized spacial score (nSPS) is 24.8. The molecule has 1 fully saturated rings. The molecular formula is C42H53Cl2Zr-3.